The van der Waals surface area contributed by atoms with E-state index in [0.29, 0.717) is 0 Å². The van der Waals surface area contributed by atoms with Crippen molar-refractivity contribution >= 4 is 49.2 Å². The number of aryl methyl sites for hydroxylation is 1. The fourth-order valence-corrected chi connectivity index (χ4v) is 6.30. The lowest BCUT2D eigenvalue weighted by Gasteiger charge is -2.20. The first kappa shape index (κ1) is 19.0. The van der Waals surface area contributed by atoms with Gasteiger partial charge < -0.3 is 0 Å². The summed E-state index contributed by atoms with van der Waals surface area (Å²) in [7, 11) is 0. The van der Waals surface area contributed by atoms with Crippen molar-refractivity contribution in [1.82, 2.24) is 24.6 Å². The molecule has 1 aliphatic carbocycles. The molecule has 4 aromatic heterocycles. The molecule has 0 N–H and O–H groups in total. The maximum atomic E-state index is 5.17. The first-order valence-corrected chi connectivity index (χ1v) is 12.3. The van der Waals surface area contributed by atoms with E-state index in [2.05, 4.69) is 47.1 Å². The van der Waals surface area contributed by atoms with Gasteiger partial charge in [0.2, 0.25) is 0 Å². The maximum absolute atomic E-state index is 5.17. The van der Waals surface area contributed by atoms with Crippen molar-refractivity contribution < 1.29 is 0 Å². The van der Waals surface area contributed by atoms with Crippen molar-refractivity contribution in [3.8, 4) is 11.3 Å². The number of hydrogen-bond acceptors (Lipinski definition) is 6. The van der Waals surface area contributed by atoms with Gasteiger partial charge >= 0.3 is 0 Å². The molecule has 5 nitrogen and oxygen atoms in total. The fourth-order valence-electron chi connectivity index (χ4n) is 4.42. The minimum Gasteiger partial charge on any atom is -0.259 e. The van der Waals surface area contributed by atoms with E-state index in [4.69, 9.17) is 9.97 Å². The first-order valence-electron chi connectivity index (χ1n) is 10.5. The van der Waals surface area contributed by atoms with Crippen molar-refractivity contribution in [3.05, 3.63) is 59.9 Å². The van der Waals surface area contributed by atoms with Crippen LogP contribution < -0.4 is 0 Å². The SMILES string of the molecule is C=C(C)CSc1nnc2c3sc4nc(-c5ccccc5)c5c(c4c3ncn12)CCCC5. The summed E-state index contributed by atoms with van der Waals surface area (Å²) in [4.78, 5) is 11.1. The lowest BCUT2D eigenvalue weighted by molar-refractivity contribution is 0.689. The van der Waals surface area contributed by atoms with E-state index in [9.17, 15) is 0 Å². The summed E-state index contributed by atoms with van der Waals surface area (Å²) in [5, 5.41) is 11.0. The van der Waals surface area contributed by atoms with Gasteiger partial charge in [0.05, 0.1) is 11.2 Å². The van der Waals surface area contributed by atoms with Gasteiger partial charge in [0.1, 0.15) is 15.9 Å². The molecule has 1 aliphatic rings. The number of nitrogens with zero attached hydrogens (tertiary/aromatic N) is 5. The van der Waals surface area contributed by atoms with E-state index < -0.39 is 0 Å². The van der Waals surface area contributed by atoms with Crippen LogP contribution in [0.1, 0.15) is 30.9 Å². The van der Waals surface area contributed by atoms with Crippen LogP contribution in [0.3, 0.4) is 0 Å². The maximum Gasteiger partial charge on any atom is 0.197 e. The topological polar surface area (TPSA) is 56.0 Å². The predicted octanol–water partition coefficient (Wildman–Crippen LogP) is 6.10. The fraction of sp³-hybridized carbons (Fsp3) is 0.250. The zero-order chi connectivity index (χ0) is 20.9. The van der Waals surface area contributed by atoms with Gasteiger partial charge in [0, 0.05) is 16.7 Å². The molecule has 6 rings (SSSR count). The summed E-state index contributed by atoms with van der Waals surface area (Å²) in [6, 6.07) is 10.6. The molecule has 0 bridgehead atoms. The highest BCUT2D eigenvalue weighted by molar-refractivity contribution is 7.99. The summed E-state index contributed by atoms with van der Waals surface area (Å²) in [5.41, 5.74) is 8.13. The number of thioether (sulfide) groups is 1. The summed E-state index contributed by atoms with van der Waals surface area (Å²) >= 11 is 3.33. The third kappa shape index (κ3) is 3.06. The van der Waals surface area contributed by atoms with E-state index >= 15 is 0 Å². The number of hydrogen-bond donors (Lipinski definition) is 0. The third-order valence-electron chi connectivity index (χ3n) is 5.80. The second-order valence-electron chi connectivity index (χ2n) is 8.12. The smallest absolute Gasteiger partial charge is 0.197 e. The van der Waals surface area contributed by atoms with Crippen molar-refractivity contribution in [2.45, 2.75) is 37.8 Å². The van der Waals surface area contributed by atoms with Crippen LogP contribution in [0.25, 0.3) is 37.3 Å². The van der Waals surface area contributed by atoms with Crippen LogP contribution >= 0.6 is 23.1 Å². The molecule has 154 valence electrons. The quantitative estimate of drug-likeness (QED) is 0.248. The lowest BCUT2D eigenvalue weighted by Crippen LogP contribution is -2.07. The Morgan fingerprint density at radius 3 is 2.74 bits per heavy atom. The van der Waals surface area contributed by atoms with Gasteiger partial charge in [0.25, 0.3) is 0 Å². The van der Waals surface area contributed by atoms with Crippen LogP contribution in [0.2, 0.25) is 0 Å². The minimum atomic E-state index is 0.820. The molecule has 31 heavy (non-hydrogen) atoms. The number of pyridine rings is 1. The molecule has 7 heteroatoms. The largest absolute Gasteiger partial charge is 0.259 e. The Bertz CT molecular complexity index is 1470. The average molecular weight is 444 g/mol. The summed E-state index contributed by atoms with van der Waals surface area (Å²) in [6.07, 6.45) is 6.46. The highest BCUT2D eigenvalue weighted by atomic mass is 32.2. The number of benzene rings is 1. The Hall–Kier alpha value is -2.77. The van der Waals surface area contributed by atoms with Gasteiger partial charge in [-0.25, -0.2) is 9.97 Å². The lowest BCUT2D eigenvalue weighted by atomic mass is 9.87. The number of aromatic nitrogens is 5. The number of fused-ring (bicyclic) bond motifs is 7. The predicted molar refractivity (Wildman–Crippen MR) is 129 cm³/mol. The molecule has 0 unspecified atom stereocenters. The van der Waals surface area contributed by atoms with E-state index in [0.717, 1.165) is 55.7 Å². The van der Waals surface area contributed by atoms with E-state index in [1.54, 1.807) is 23.1 Å². The molecule has 4 heterocycles. The molecule has 1 aromatic carbocycles. The molecule has 0 atom stereocenters. The highest BCUT2D eigenvalue weighted by Crippen LogP contribution is 2.42. The summed E-state index contributed by atoms with van der Waals surface area (Å²) in [6.45, 7) is 6.01. The normalized spacial score (nSPS) is 13.8. The molecule has 0 spiro atoms. The molecule has 0 saturated carbocycles. The number of rotatable bonds is 4. The second-order valence-corrected chi connectivity index (χ2v) is 10.1. The van der Waals surface area contributed by atoms with Gasteiger partial charge in [-0.15, -0.1) is 21.5 Å². The Kier molecular flexibility index (Phi) is 4.54. The van der Waals surface area contributed by atoms with Gasteiger partial charge in [-0.3, -0.25) is 4.40 Å². The minimum absolute atomic E-state index is 0.820. The Morgan fingerprint density at radius 1 is 1.13 bits per heavy atom. The number of thiophene rings is 1. The first-order chi connectivity index (χ1) is 15.2. The second kappa shape index (κ2) is 7.43. The van der Waals surface area contributed by atoms with Gasteiger partial charge in [0.15, 0.2) is 10.8 Å². The Balaban J connectivity index is 1.62. The summed E-state index contributed by atoms with van der Waals surface area (Å²) in [5.74, 6) is 0.820. The zero-order valence-electron chi connectivity index (χ0n) is 17.3. The van der Waals surface area contributed by atoms with Gasteiger partial charge in [-0.05, 0) is 43.7 Å². The van der Waals surface area contributed by atoms with Crippen LogP contribution in [-0.4, -0.2) is 30.3 Å². The Morgan fingerprint density at radius 2 is 1.94 bits per heavy atom. The van der Waals surface area contributed by atoms with Crippen LogP contribution in [0, 0.1) is 0 Å². The van der Waals surface area contributed by atoms with Gasteiger partial charge in [-0.2, -0.15) is 0 Å². The monoisotopic (exact) mass is 443 g/mol. The molecule has 0 radical (unpaired) electrons. The Labute approximate surface area is 188 Å². The van der Waals surface area contributed by atoms with Crippen molar-refractivity contribution in [3.63, 3.8) is 0 Å². The molecular formula is C24H21N5S2. The zero-order valence-corrected chi connectivity index (χ0v) is 18.9. The highest BCUT2D eigenvalue weighted by Gasteiger charge is 2.24. The van der Waals surface area contributed by atoms with Crippen molar-refractivity contribution in [2.24, 2.45) is 0 Å². The van der Waals surface area contributed by atoms with Crippen LogP contribution in [0.4, 0.5) is 0 Å². The van der Waals surface area contributed by atoms with Crippen molar-refractivity contribution in [2.75, 3.05) is 5.75 Å². The molecule has 0 fully saturated rings. The third-order valence-corrected chi connectivity index (χ3v) is 8.04. The molecule has 0 aliphatic heterocycles. The van der Waals surface area contributed by atoms with Crippen LogP contribution in [0.15, 0.2) is 54.0 Å². The standard InChI is InChI=1S/C24H21N5S2/c1-14(2)12-30-24-28-27-22-21-20(25-13-29(22)24)18-16-10-6-7-11-17(16)19(26-23(18)31-21)15-8-4-3-5-9-15/h3-5,8-9,13H,1,6-7,10-12H2,2H3. The molecule has 0 saturated heterocycles. The van der Waals surface area contributed by atoms with E-state index in [1.165, 1.54) is 34.9 Å². The molecule has 5 aromatic rings. The van der Waals surface area contributed by atoms with Crippen molar-refractivity contribution in [1.29, 1.82) is 0 Å². The van der Waals surface area contributed by atoms with Gasteiger partial charge in [-0.1, -0.05) is 54.2 Å². The molecular weight excluding hydrogens is 422 g/mol. The van der Waals surface area contributed by atoms with E-state index in [-0.39, 0.29) is 0 Å². The molecule has 0 amide bonds. The van der Waals surface area contributed by atoms with E-state index in [1.807, 2.05) is 17.7 Å². The van der Waals surface area contributed by atoms with Crippen LogP contribution in [0.5, 0.6) is 0 Å². The summed E-state index contributed by atoms with van der Waals surface area (Å²) < 4.78 is 3.06. The van der Waals surface area contributed by atoms with Crippen LogP contribution in [-0.2, 0) is 12.8 Å². The average Bonchev–Trinajstić information content (AvgIpc) is 3.38.